The van der Waals surface area contributed by atoms with Crippen LogP contribution in [0.4, 0.5) is 0 Å². The van der Waals surface area contributed by atoms with Crippen molar-refractivity contribution in [3.63, 3.8) is 0 Å². The first-order chi connectivity index (χ1) is 15.9. The van der Waals surface area contributed by atoms with Crippen molar-refractivity contribution in [2.24, 2.45) is 5.92 Å². The summed E-state index contributed by atoms with van der Waals surface area (Å²) in [5.74, 6) is -4.75. The van der Waals surface area contributed by atoms with Crippen molar-refractivity contribution < 1.29 is 48.3 Å². The Morgan fingerprint density at radius 2 is 1.71 bits per heavy atom. The maximum absolute atomic E-state index is 12.7. The molecule has 10 nitrogen and oxygen atoms in total. The lowest BCUT2D eigenvalue weighted by Gasteiger charge is -2.34. The van der Waals surface area contributed by atoms with Gasteiger partial charge in [-0.25, -0.2) is 19.2 Å². The Labute approximate surface area is 196 Å². The van der Waals surface area contributed by atoms with Crippen LogP contribution in [-0.2, 0) is 38.1 Å². The van der Waals surface area contributed by atoms with Crippen molar-refractivity contribution in [2.75, 3.05) is 13.7 Å². The van der Waals surface area contributed by atoms with Crippen LogP contribution >= 0.6 is 0 Å². The molecule has 1 fully saturated rings. The average Bonchev–Trinajstić information content (AvgIpc) is 3.05. The predicted molar refractivity (Wildman–Crippen MR) is 118 cm³/mol. The molecule has 1 heterocycles. The molecule has 2 rings (SSSR count). The average molecular weight is 476 g/mol. The highest BCUT2D eigenvalue weighted by molar-refractivity contribution is 5.94. The first-order valence-corrected chi connectivity index (χ1v) is 10.3. The Morgan fingerprint density at radius 1 is 1.12 bits per heavy atom. The molecule has 0 aromatic carbocycles. The van der Waals surface area contributed by atoms with Gasteiger partial charge in [0.1, 0.15) is 6.10 Å². The molecule has 0 bridgehead atoms. The second-order valence-electron chi connectivity index (χ2n) is 8.05. The van der Waals surface area contributed by atoms with E-state index in [1.807, 2.05) is 0 Å². The minimum Gasteiger partial charge on any atom is -0.466 e. The van der Waals surface area contributed by atoms with Gasteiger partial charge in [0.25, 0.3) is 0 Å². The lowest BCUT2D eigenvalue weighted by atomic mass is 9.83. The Balaban J connectivity index is 2.82. The van der Waals surface area contributed by atoms with E-state index >= 15 is 0 Å². The van der Waals surface area contributed by atoms with Gasteiger partial charge in [0.05, 0.1) is 31.3 Å². The fraction of sp³-hybridized carbons (Fsp3) is 0.417. The number of carbonyl (C=O) groups excluding carboxylic acids is 4. The van der Waals surface area contributed by atoms with Gasteiger partial charge < -0.3 is 29.2 Å². The largest absolute Gasteiger partial charge is 0.466 e. The molecule has 34 heavy (non-hydrogen) atoms. The second kappa shape index (κ2) is 11.1. The summed E-state index contributed by atoms with van der Waals surface area (Å²) in [7, 11) is 1.07. The summed E-state index contributed by atoms with van der Waals surface area (Å²) in [6.07, 6.45) is -3.27. The zero-order valence-corrected chi connectivity index (χ0v) is 19.2. The predicted octanol–water partition coefficient (Wildman–Crippen LogP) is 0.843. The highest BCUT2D eigenvalue weighted by Crippen LogP contribution is 2.38. The van der Waals surface area contributed by atoms with Gasteiger partial charge >= 0.3 is 23.9 Å². The number of aliphatic hydroxyl groups is 2. The first kappa shape index (κ1) is 26.7. The minimum atomic E-state index is -1.64. The lowest BCUT2D eigenvalue weighted by Crippen LogP contribution is -2.47. The van der Waals surface area contributed by atoms with Crippen LogP contribution in [0.15, 0.2) is 59.8 Å². The normalized spacial score (nSPS) is 26.8. The van der Waals surface area contributed by atoms with Crippen LogP contribution in [0.3, 0.4) is 0 Å². The zero-order chi connectivity index (χ0) is 25.7. The molecule has 5 atom stereocenters. The molecule has 2 N–H and O–H groups in total. The van der Waals surface area contributed by atoms with E-state index in [9.17, 15) is 29.4 Å². The fourth-order valence-corrected chi connectivity index (χ4v) is 3.55. The van der Waals surface area contributed by atoms with E-state index < -0.39 is 60.8 Å². The van der Waals surface area contributed by atoms with Gasteiger partial charge in [0.15, 0.2) is 12.2 Å². The topological polar surface area (TPSA) is 146 Å². The third-order valence-corrected chi connectivity index (χ3v) is 5.26. The quantitative estimate of drug-likeness (QED) is 0.245. The fourth-order valence-electron chi connectivity index (χ4n) is 3.55. The molecule has 1 aliphatic heterocycles. The third kappa shape index (κ3) is 5.89. The van der Waals surface area contributed by atoms with Crippen LogP contribution in [0.2, 0.25) is 0 Å². The third-order valence-electron chi connectivity index (χ3n) is 5.26. The molecular formula is C24H28O10. The number of methoxy groups -OCH3 is 1. The van der Waals surface area contributed by atoms with E-state index in [1.54, 1.807) is 0 Å². The summed E-state index contributed by atoms with van der Waals surface area (Å²) in [5, 5.41) is 20.3. The number of hydrogen-bond donors (Lipinski definition) is 2. The molecule has 0 spiro atoms. The maximum Gasteiger partial charge on any atom is 0.337 e. The maximum atomic E-state index is 12.7. The number of rotatable bonds is 6. The Hall–Kier alpha value is -3.50. The smallest absolute Gasteiger partial charge is 0.337 e. The van der Waals surface area contributed by atoms with Crippen LogP contribution in [-0.4, -0.2) is 72.2 Å². The summed E-state index contributed by atoms with van der Waals surface area (Å²) in [6.45, 7) is 13.0. The van der Waals surface area contributed by atoms with Crippen LogP contribution in [0.5, 0.6) is 0 Å². The number of ether oxygens (including phenoxy) is 4. The van der Waals surface area contributed by atoms with Crippen molar-refractivity contribution >= 4 is 23.9 Å². The van der Waals surface area contributed by atoms with E-state index in [-0.39, 0.29) is 34.3 Å². The van der Waals surface area contributed by atoms with E-state index in [0.717, 1.165) is 13.2 Å². The molecule has 0 amide bonds. The Morgan fingerprint density at radius 3 is 2.24 bits per heavy atom. The molecule has 0 radical (unpaired) electrons. The van der Waals surface area contributed by atoms with Crippen LogP contribution in [0, 0.1) is 5.92 Å². The second-order valence-corrected chi connectivity index (χ2v) is 8.05. The highest BCUT2D eigenvalue weighted by Gasteiger charge is 2.51. The molecule has 0 aromatic rings. The summed E-state index contributed by atoms with van der Waals surface area (Å²) >= 11 is 0. The summed E-state index contributed by atoms with van der Waals surface area (Å²) in [5.41, 5.74) is -0.213. The van der Waals surface area contributed by atoms with Crippen molar-refractivity contribution in [3.8, 4) is 0 Å². The number of hydrogen-bond acceptors (Lipinski definition) is 10. The van der Waals surface area contributed by atoms with Crippen molar-refractivity contribution in [1.82, 2.24) is 0 Å². The van der Waals surface area contributed by atoms with Gasteiger partial charge in [0.2, 0.25) is 0 Å². The number of aliphatic hydroxyl groups excluding tert-OH is 2. The molecule has 1 aliphatic carbocycles. The molecular weight excluding hydrogens is 448 g/mol. The first-order valence-electron chi connectivity index (χ1n) is 10.3. The van der Waals surface area contributed by atoms with Crippen LogP contribution in [0.25, 0.3) is 0 Å². The molecule has 0 aromatic heterocycles. The standard InChI is InChI=1S/C24H28O10/c1-11(2)21(27)33-19-16(24(30)31-6)9-15(26)7-14(10-25)8-17-18(13(5)23(29)32-17)20(19)34-22(28)12(3)4/h8-9,15,17-20,25-26H,1,3,5,7,10H2,2,4,6H3. The number of esters is 4. The summed E-state index contributed by atoms with van der Waals surface area (Å²) in [6, 6.07) is 0. The van der Waals surface area contributed by atoms with Crippen LogP contribution < -0.4 is 0 Å². The highest BCUT2D eigenvalue weighted by atomic mass is 16.6. The Kier molecular flexibility index (Phi) is 8.72. The van der Waals surface area contributed by atoms with E-state index in [1.165, 1.54) is 19.9 Å². The molecule has 2 aliphatic rings. The van der Waals surface area contributed by atoms with Gasteiger partial charge in [-0.3, -0.25) is 0 Å². The molecule has 0 saturated carbocycles. The summed E-state index contributed by atoms with van der Waals surface area (Å²) < 4.78 is 21.3. The van der Waals surface area contributed by atoms with Gasteiger partial charge in [-0.1, -0.05) is 19.7 Å². The van der Waals surface area contributed by atoms with E-state index in [4.69, 9.17) is 18.9 Å². The lowest BCUT2D eigenvalue weighted by molar-refractivity contribution is -0.166. The number of carbonyl (C=O) groups is 4. The monoisotopic (exact) mass is 476 g/mol. The minimum absolute atomic E-state index is 0.00954. The summed E-state index contributed by atoms with van der Waals surface area (Å²) in [4.78, 5) is 50.2. The van der Waals surface area contributed by atoms with Gasteiger partial charge in [-0.05, 0) is 31.6 Å². The molecule has 10 heteroatoms. The van der Waals surface area contributed by atoms with E-state index in [0.29, 0.717) is 0 Å². The molecule has 184 valence electrons. The van der Waals surface area contributed by atoms with Gasteiger partial charge in [-0.2, -0.15) is 0 Å². The van der Waals surface area contributed by atoms with E-state index in [2.05, 4.69) is 19.7 Å². The number of fused-ring (bicyclic) bond motifs is 1. The van der Waals surface area contributed by atoms with Crippen molar-refractivity contribution in [1.29, 1.82) is 0 Å². The zero-order valence-electron chi connectivity index (χ0n) is 19.2. The molecule has 1 saturated heterocycles. The van der Waals surface area contributed by atoms with Crippen molar-refractivity contribution in [2.45, 2.75) is 44.7 Å². The van der Waals surface area contributed by atoms with Crippen molar-refractivity contribution in [3.05, 3.63) is 59.8 Å². The van der Waals surface area contributed by atoms with Gasteiger partial charge in [0, 0.05) is 23.1 Å². The Bertz CT molecular complexity index is 986. The molecule has 5 unspecified atom stereocenters. The SMILES string of the molecule is C=C(C)C(=O)OC1C(C(=O)OC)=CC(O)CC(CO)=CC2OC(=O)C(=C)C2C1OC(=O)C(=C)C. The van der Waals surface area contributed by atoms with Crippen LogP contribution in [0.1, 0.15) is 20.3 Å². The van der Waals surface area contributed by atoms with Gasteiger partial charge in [-0.15, -0.1) is 0 Å².